The number of carbonyl (C=O) groups is 2. The highest BCUT2D eigenvalue weighted by Gasteiger charge is 2.18. The van der Waals surface area contributed by atoms with Crippen molar-refractivity contribution in [3.05, 3.63) is 54.1 Å². The Balaban J connectivity index is 1.97. The van der Waals surface area contributed by atoms with Crippen molar-refractivity contribution in [2.45, 2.75) is 40.2 Å². The van der Waals surface area contributed by atoms with E-state index in [1.165, 1.54) is 0 Å². The van der Waals surface area contributed by atoms with Crippen LogP contribution in [0.5, 0.6) is 5.75 Å². The Morgan fingerprint density at radius 3 is 2.04 bits per heavy atom. The van der Waals surface area contributed by atoms with Gasteiger partial charge in [0.1, 0.15) is 5.75 Å². The van der Waals surface area contributed by atoms with Gasteiger partial charge in [-0.15, -0.1) is 0 Å². The van der Waals surface area contributed by atoms with Crippen molar-refractivity contribution in [2.24, 2.45) is 5.92 Å². The molecule has 0 bridgehead atoms. The molecule has 5 nitrogen and oxygen atoms in total. The fraction of sp³-hybridized carbons (Fsp3) is 0.333. The molecule has 0 radical (unpaired) electrons. The van der Waals surface area contributed by atoms with Crippen molar-refractivity contribution in [2.75, 3.05) is 10.6 Å². The molecule has 2 rings (SSSR count). The fourth-order valence-electron chi connectivity index (χ4n) is 2.32. The first-order valence-corrected chi connectivity index (χ1v) is 8.84. The van der Waals surface area contributed by atoms with E-state index in [0.29, 0.717) is 23.5 Å². The summed E-state index contributed by atoms with van der Waals surface area (Å²) in [7, 11) is 0. The molecule has 1 atom stereocenters. The second kappa shape index (κ2) is 9.04. The molecular formula is C21H26N2O3. The third-order valence-corrected chi connectivity index (χ3v) is 3.88. The van der Waals surface area contributed by atoms with Crippen LogP contribution in [0.1, 0.15) is 32.8 Å². The number of hydrogen-bond acceptors (Lipinski definition) is 3. The van der Waals surface area contributed by atoms with Gasteiger partial charge in [-0.3, -0.25) is 9.59 Å². The average molecular weight is 354 g/mol. The predicted molar refractivity (Wildman–Crippen MR) is 104 cm³/mol. The van der Waals surface area contributed by atoms with Crippen molar-refractivity contribution < 1.29 is 14.3 Å². The van der Waals surface area contributed by atoms with Gasteiger partial charge in [-0.05, 0) is 55.3 Å². The van der Waals surface area contributed by atoms with Gasteiger partial charge in [0.25, 0.3) is 5.91 Å². The molecule has 0 aliphatic rings. The zero-order valence-corrected chi connectivity index (χ0v) is 15.7. The number of amides is 2. The number of ether oxygens (including phenoxy) is 1. The Morgan fingerprint density at radius 2 is 1.54 bits per heavy atom. The van der Waals surface area contributed by atoms with E-state index < -0.39 is 6.10 Å². The first-order chi connectivity index (χ1) is 12.4. The van der Waals surface area contributed by atoms with Crippen LogP contribution < -0.4 is 15.4 Å². The van der Waals surface area contributed by atoms with E-state index in [2.05, 4.69) is 10.6 Å². The van der Waals surface area contributed by atoms with E-state index >= 15 is 0 Å². The normalized spacial score (nSPS) is 11.7. The lowest BCUT2D eigenvalue weighted by Crippen LogP contribution is -2.32. The molecule has 0 heterocycles. The molecule has 2 aromatic rings. The summed E-state index contributed by atoms with van der Waals surface area (Å²) in [6.45, 7) is 7.56. The van der Waals surface area contributed by atoms with Crippen molar-refractivity contribution in [3.63, 3.8) is 0 Å². The molecule has 2 aromatic carbocycles. The van der Waals surface area contributed by atoms with Crippen LogP contribution >= 0.6 is 0 Å². The molecule has 2 N–H and O–H groups in total. The van der Waals surface area contributed by atoms with E-state index in [1.54, 1.807) is 24.3 Å². The van der Waals surface area contributed by atoms with Crippen LogP contribution in [0.15, 0.2) is 48.5 Å². The highest BCUT2D eigenvalue weighted by atomic mass is 16.5. The topological polar surface area (TPSA) is 67.4 Å². The molecule has 0 saturated carbocycles. The van der Waals surface area contributed by atoms with Gasteiger partial charge in [0.05, 0.1) is 0 Å². The molecule has 0 spiro atoms. The predicted octanol–water partition coefficient (Wildman–Crippen LogP) is 4.39. The number of aryl methyl sites for hydroxylation is 1. The zero-order chi connectivity index (χ0) is 19.1. The highest BCUT2D eigenvalue weighted by molar-refractivity contribution is 5.95. The summed E-state index contributed by atoms with van der Waals surface area (Å²) < 4.78 is 5.81. The molecule has 0 saturated heterocycles. The number of anilines is 2. The molecule has 0 fully saturated rings. The van der Waals surface area contributed by atoms with Crippen LogP contribution in [-0.2, 0) is 9.59 Å². The molecule has 1 unspecified atom stereocenters. The summed E-state index contributed by atoms with van der Waals surface area (Å²) in [5.74, 6) is 0.351. The van der Waals surface area contributed by atoms with Gasteiger partial charge in [0, 0.05) is 17.3 Å². The summed E-state index contributed by atoms with van der Waals surface area (Å²) >= 11 is 0. The summed E-state index contributed by atoms with van der Waals surface area (Å²) in [5, 5.41) is 5.67. The monoisotopic (exact) mass is 354 g/mol. The van der Waals surface area contributed by atoms with Crippen LogP contribution in [0.4, 0.5) is 11.4 Å². The molecule has 2 amide bonds. The molecular weight excluding hydrogens is 328 g/mol. The third-order valence-electron chi connectivity index (χ3n) is 3.88. The smallest absolute Gasteiger partial charge is 0.265 e. The number of benzene rings is 2. The SMILES string of the molecule is CCC(Oc1cccc(C)c1)C(=O)Nc1ccc(NC(=O)C(C)C)cc1. The Labute approximate surface area is 154 Å². The molecule has 0 aliphatic heterocycles. The second-order valence-electron chi connectivity index (χ2n) is 6.54. The van der Waals surface area contributed by atoms with Gasteiger partial charge in [0.15, 0.2) is 6.10 Å². The second-order valence-corrected chi connectivity index (χ2v) is 6.54. The minimum absolute atomic E-state index is 0.0422. The molecule has 5 heteroatoms. The Morgan fingerprint density at radius 1 is 0.962 bits per heavy atom. The fourth-order valence-corrected chi connectivity index (χ4v) is 2.32. The first-order valence-electron chi connectivity index (χ1n) is 8.84. The van der Waals surface area contributed by atoms with Gasteiger partial charge in [-0.2, -0.15) is 0 Å². The Bertz CT molecular complexity index is 754. The van der Waals surface area contributed by atoms with E-state index in [9.17, 15) is 9.59 Å². The number of rotatable bonds is 7. The standard InChI is InChI=1S/C21H26N2O3/c1-5-19(26-18-8-6-7-15(4)13-18)21(25)23-17-11-9-16(10-12-17)22-20(24)14(2)3/h6-14,19H,5H2,1-4H3,(H,22,24)(H,23,25). The minimum Gasteiger partial charge on any atom is -0.481 e. The summed E-state index contributed by atoms with van der Waals surface area (Å²) in [5.41, 5.74) is 2.44. The van der Waals surface area contributed by atoms with E-state index in [-0.39, 0.29) is 17.7 Å². The molecule has 0 aromatic heterocycles. The average Bonchev–Trinajstić information content (AvgIpc) is 2.61. The quantitative estimate of drug-likeness (QED) is 0.775. The maximum Gasteiger partial charge on any atom is 0.265 e. The van der Waals surface area contributed by atoms with Gasteiger partial charge < -0.3 is 15.4 Å². The lowest BCUT2D eigenvalue weighted by molar-refractivity contribution is -0.123. The van der Waals surface area contributed by atoms with Crippen LogP contribution in [-0.4, -0.2) is 17.9 Å². The van der Waals surface area contributed by atoms with Crippen molar-refractivity contribution in [3.8, 4) is 5.75 Å². The van der Waals surface area contributed by atoms with Crippen LogP contribution in [0.3, 0.4) is 0 Å². The van der Waals surface area contributed by atoms with Gasteiger partial charge in [-0.25, -0.2) is 0 Å². The molecule has 26 heavy (non-hydrogen) atoms. The lowest BCUT2D eigenvalue weighted by Gasteiger charge is -2.18. The van der Waals surface area contributed by atoms with Crippen molar-refractivity contribution in [1.29, 1.82) is 0 Å². The van der Waals surface area contributed by atoms with Crippen LogP contribution in [0.25, 0.3) is 0 Å². The zero-order valence-electron chi connectivity index (χ0n) is 15.7. The van der Waals surface area contributed by atoms with E-state index in [0.717, 1.165) is 5.56 Å². The van der Waals surface area contributed by atoms with Crippen LogP contribution in [0.2, 0.25) is 0 Å². The lowest BCUT2D eigenvalue weighted by atomic mass is 10.2. The maximum absolute atomic E-state index is 12.5. The highest BCUT2D eigenvalue weighted by Crippen LogP contribution is 2.18. The number of nitrogens with one attached hydrogen (secondary N) is 2. The minimum atomic E-state index is -0.572. The Kier molecular flexibility index (Phi) is 6.78. The van der Waals surface area contributed by atoms with Crippen molar-refractivity contribution >= 4 is 23.2 Å². The van der Waals surface area contributed by atoms with Crippen molar-refractivity contribution in [1.82, 2.24) is 0 Å². The molecule has 138 valence electrons. The maximum atomic E-state index is 12.5. The van der Waals surface area contributed by atoms with E-state index in [4.69, 9.17) is 4.74 Å². The van der Waals surface area contributed by atoms with Gasteiger partial charge in [0.2, 0.25) is 5.91 Å². The summed E-state index contributed by atoms with van der Waals surface area (Å²) in [6, 6.07) is 14.7. The van der Waals surface area contributed by atoms with Gasteiger partial charge >= 0.3 is 0 Å². The first kappa shape index (κ1) is 19.5. The van der Waals surface area contributed by atoms with E-state index in [1.807, 2.05) is 52.0 Å². The summed E-state index contributed by atoms with van der Waals surface area (Å²) in [4.78, 5) is 24.2. The number of hydrogen-bond donors (Lipinski definition) is 2. The summed E-state index contributed by atoms with van der Waals surface area (Å²) in [6.07, 6.45) is -0.0143. The molecule has 0 aliphatic carbocycles. The van der Waals surface area contributed by atoms with Gasteiger partial charge in [-0.1, -0.05) is 32.9 Å². The Hall–Kier alpha value is -2.82. The number of carbonyl (C=O) groups excluding carboxylic acids is 2. The van der Waals surface area contributed by atoms with Crippen LogP contribution in [0, 0.1) is 12.8 Å². The third kappa shape index (κ3) is 5.62. The largest absolute Gasteiger partial charge is 0.481 e.